The summed E-state index contributed by atoms with van der Waals surface area (Å²) in [5.41, 5.74) is 1.28. The Balaban J connectivity index is 1.20. The summed E-state index contributed by atoms with van der Waals surface area (Å²) in [4.78, 5) is 34.2. The third kappa shape index (κ3) is 3.19. The Kier molecular flexibility index (Phi) is 4.38. The summed E-state index contributed by atoms with van der Waals surface area (Å²) < 4.78 is 0. The van der Waals surface area contributed by atoms with Crippen LogP contribution in [-0.2, 0) is 11.2 Å². The van der Waals surface area contributed by atoms with E-state index in [-0.39, 0.29) is 11.5 Å². The standard InChI is InChI=1S/C22H29N3O2S/c1-12-13(2)28-21-19(12)20(27)24-17(25-21)3-4-18(26)23-11-22-8-14-5-15(9-22)7-16(6-14)10-22/h14-16H,3-11H2,1-2H3,(H,23,26)(H,24,25,27). The van der Waals surface area contributed by atoms with Gasteiger partial charge in [-0.3, -0.25) is 9.59 Å². The van der Waals surface area contributed by atoms with Crippen molar-refractivity contribution in [3.05, 3.63) is 26.6 Å². The number of fused-ring (bicyclic) bond motifs is 1. The molecule has 4 saturated carbocycles. The van der Waals surface area contributed by atoms with Gasteiger partial charge in [0, 0.05) is 24.3 Å². The molecule has 0 spiro atoms. The predicted molar refractivity (Wildman–Crippen MR) is 112 cm³/mol. The number of aryl methyl sites for hydroxylation is 3. The van der Waals surface area contributed by atoms with Gasteiger partial charge >= 0.3 is 0 Å². The lowest BCUT2D eigenvalue weighted by atomic mass is 9.49. The first-order valence-corrected chi connectivity index (χ1v) is 11.5. The van der Waals surface area contributed by atoms with Crippen LogP contribution in [0.15, 0.2) is 4.79 Å². The Bertz CT molecular complexity index is 954. The molecular weight excluding hydrogens is 370 g/mol. The number of rotatable bonds is 5. The third-order valence-corrected chi connectivity index (χ3v) is 8.60. The molecule has 1 amide bonds. The molecular formula is C22H29N3O2S. The lowest BCUT2D eigenvalue weighted by molar-refractivity contribution is -0.123. The Hall–Kier alpha value is -1.69. The van der Waals surface area contributed by atoms with Gasteiger partial charge in [-0.05, 0) is 81.1 Å². The van der Waals surface area contributed by atoms with Crippen LogP contribution in [0.1, 0.15) is 61.2 Å². The highest BCUT2D eigenvalue weighted by atomic mass is 32.1. The number of H-pyrrole nitrogens is 1. The van der Waals surface area contributed by atoms with Crippen molar-refractivity contribution >= 4 is 27.5 Å². The average molecular weight is 400 g/mol. The minimum absolute atomic E-state index is 0.0806. The zero-order valence-corrected chi connectivity index (χ0v) is 17.6. The van der Waals surface area contributed by atoms with Crippen molar-refractivity contribution in [3.8, 4) is 0 Å². The number of hydrogen-bond donors (Lipinski definition) is 2. The monoisotopic (exact) mass is 399 g/mol. The van der Waals surface area contributed by atoms with E-state index in [1.807, 2.05) is 13.8 Å². The van der Waals surface area contributed by atoms with E-state index in [0.29, 0.717) is 29.5 Å². The number of nitrogens with one attached hydrogen (secondary N) is 2. The van der Waals surface area contributed by atoms with Gasteiger partial charge < -0.3 is 10.3 Å². The van der Waals surface area contributed by atoms with Crippen LogP contribution in [0, 0.1) is 37.0 Å². The van der Waals surface area contributed by atoms with E-state index in [1.54, 1.807) is 11.3 Å². The van der Waals surface area contributed by atoms with Crippen molar-refractivity contribution in [1.82, 2.24) is 15.3 Å². The molecule has 5 nitrogen and oxygen atoms in total. The molecule has 4 bridgehead atoms. The van der Waals surface area contributed by atoms with Gasteiger partial charge in [0.2, 0.25) is 5.91 Å². The van der Waals surface area contributed by atoms with E-state index in [2.05, 4.69) is 15.3 Å². The quantitative estimate of drug-likeness (QED) is 0.801. The van der Waals surface area contributed by atoms with Crippen LogP contribution >= 0.6 is 11.3 Å². The second kappa shape index (κ2) is 6.68. The SMILES string of the molecule is Cc1sc2nc(CCC(=O)NCC34CC5CC(CC(C5)C3)C4)[nH]c(=O)c2c1C. The number of aromatic nitrogens is 2. The predicted octanol–water partition coefficient (Wildman–Crippen LogP) is 3.87. The zero-order chi connectivity index (χ0) is 19.5. The van der Waals surface area contributed by atoms with Crippen LogP contribution in [0.5, 0.6) is 0 Å². The minimum Gasteiger partial charge on any atom is -0.356 e. The molecule has 0 saturated heterocycles. The molecule has 0 atom stereocenters. The number of nitrogens with zero attached hydrogens (tertiary/aromatic N) is 1. The summed E-state index contributed by atoms with van der Waals surface area (Å²) in [6.07, 6.45) is 9.06. The van der Waals surface area contributed by atoms with Crippen LogP contribution in [-0.4, -0.2) is 22.4 Å². The largest absolute Gasteiger partial charge is 0.356 e. The fourth-order valence-corrected chi connectivity index (χ4v) is 7.58. The molecule has 4 aliphatic rings. The average Bonchev–Trinajstić information content (AvgIpc) is 2.91. The first kappa shape index (κ1) is 18.3. The zero-order valence-electron chi connectivity index (χ0n) is 16.8. The van der Waals surface area contributed by atoms with E-state index in [4.69, 9.17) is 0 Å². The molecule has 6 rings (SSSR count). The smallest absolute Gasteiger partial charge is 0.259 e. The highest BCUT2D eigenvalue weighted by molar-refractivity contribution is 7.18. The van der Waals surface area contributed by atoms with Crippen molar-refractivity contribution in [2.24, 2.45) is 23.2 Å². The van der Waals surface area contributed by atoms with Crippen LogP contribution < -0.4 is 10.9 Å². The number of carbonyl (C=O) groups excluding carboxylic acids is 1. The fourth-order valence-electron chi connectivity index (χ4n) is 6.53. The molecule has 6 heteroatoms. The van der Waals surface area contributed by atoms with E-state index in [0.717, 1.165) is 39.6 Å². The number of aromatic amines is 1. The van der Waals surface area contributed by atoms with Gasteiger partial charge in [0.05, 0.1) is 5.39 Å². The molecule has 4 fully saturated rings. The molecule has 2 heterocycles. The van der Waals surface area contributed by atoms with Gasteiger partial charge in [-0.25, -0.2) is 4.98 Å². The maximum absolute atomic E-state index is 12.5. The van der Waals surface area contributed by atoms with Crippen molar-refractivity contribution in [1.29, 1.82) is 0 Å². The second-order valence-electron chi connectivity index (χ2n) is 9.67. The van der Waals surface area contributed by atoms with Crippen LogP contribution in [0.2, 0.25) is 0 Å². The maximum Gasteiger partial charge on any atom is 0.259 e. The number of carbonyl (C=O) groups is 1. The molecule has 4 aliphatic carbocycles. The van der Waals surface area contributed by atoms with Crippen molar-refractivity contribution in [2.45, 2.75) is 65.2 Å². The van der Waals surface area contributed by atoms with E-state index in [1.165, 1.54) is 38.5 Å². The van der Waals surface area contributed by atoms with Crippen molar-refractivity contribution < 1.29 is 4.79 Å². The van der Waals surface area contributed by atoms with Crippen molar-refractivity contribution in [2.75, 3.05) is 6.54 Å². The normalized spacial score (nSPS) is 30.9. The van der Waals surface area contributed by atoms with Crippen LogP contribution in [0.25, 0.3) is 10.2 Å². The summed E-state index contributed by atoms with van der Waals surface area (Å²) >= 11 is 1.55. The fraction of sp³-hybridized carbons (Fsp3) is 0.682. The topological polar surface area (TPSA) is 74.8 Å². The van der Waals surface area contributed by atoms with Crippen LogP contribution in [0.3, 0.4) is 0 Å². The molecule has 0 aromatic carbocycles. The minimum atomic E-state index is -0.0872. The summed E-state index contributed by atoms with van der Waals surface area (Å²) in [5.74, 6) is 3.41. The van der Waals surface area contributed by atoms with E-state index in [9.17, 15) is 9.59 Å². The molecule has 2 aromatic rings. The Morgan fingerprint density at radius 1 is 1.18 bits per heavy atom. The second-order valence-corrected chi connectivity index (χ2v) is 10.9. The van der Waals surface area contributed by atoms with Gasteiger partial charge in [0.1, 0.15) is 10.7 Å². The number of hydrogen-bond acceptors (Lipinski definition) is 4. The number of amides is 1. The molecule has 2 aromatic heterocycles. The first-order valence-electron chi connectivity index (χ1n) is 10.7. The molecule has 28 heavy (non-hydrogen) atoms. The lowest BCUT2D eigenvalue weighted by Crippen LogP contribution is -2.51. The molecule has 0 aliphatic heterocycles. The lowest BCUT2D eigenvalue weighted by Gasteiger charge is -2.56. The van der Waals surface area contributed by atoms with Gasteiger partial charge in [-0.2, -0.15) is 0 Å². The molecule has 150 valence electrons. The Morgan fingerprint density at radius 2 is 1.82 bits per heavy atom. The van der Waals surface area contributed by atoms with Gasteiger partial charge in [0.15, 0.2) is 0 Å². The van der Waals surface area contributed by atoms with Crippen LogP contribution in [0.4, 0.5) is 0 Å². The Morgan fingerprint density at radius 3 is 2.46 bits per heavy atom. The maximum atomic E-state index is 12.5. The highest BCUT2D eigenvalue weighted by Gasteiger charge is 2.50. The molecule has 0 unspecified atom stereocenters. The summed E-state index contributed by atoms with van der Waals surface area (Å²) in [6.45, 7) is 4.81. The summed E-state index contributed by atoms with van der Waals surface area (Å²) in [5, 5.41) is 3.91. The van der Waals surface area contributed by atoms with E-state index >= 15 is 0 Å². The molecule has 2 N–H and O–H groups in total. The third-order valence-electron chi connectivity index (χ3n) is 7.50. The van der Waals surface area contributed by atoms with Crippen molar-refractivity contribution in [3.63, 3.8) is 0 Å². The number of thiophene rings is 1. The van der Waals surface area contributed by atoms with Gasteiger partial charge in [-0.1, -0.05) is 0 Å². The first-order chi connectivity index (χ1) is 13.4. The van der Waals surface area contributed by atoms with Gasteiger partial charge in [-0.15, -0.1) is 11.3 Å². The summed E-state index contributed by atoms with van der Waals surface area (Å²) in [6, 6.07) is 0. The summed E-state index contributed by atoms with van der Waals surface area (Å²) in [7, 11) is 0. The van der Waals surface area contributed by atoms with Gasteiger partial charge in [0.25, 0.3) is 5.56 Å². The highest BCUT2D eigenvalue weighted by Crippen LogP contribution is 2.59. The Labute approximate surface area is 169 Å². The van der Waals surface area contributed by atoms with E-state index < -0.39 is 0 Å². The molecule has 0 radical (unpaired) electrons.